The molecule has 0 spiro atoms. The molecule has 1 saturated heterocycles. The molecule has 4 heteroatoms. The second kappa shape index (κ2) is 7.23. The molecule has 0 unspecified atom stereocenters. The quantitative estimate of drug-likeness (QED) is 0.491. The van der Waals surface area contributed by atoms with Crippen LogP contribution in [-0.2, 0) is 6.54 Å². The minimum atomic E-state index is -1.37. The van der Waals surface area contributed by atoms with Gasteiger partial charge in [-0.2, -0.15) is 0 Å². The number of hydrogen-bond donors (Lipinski definition) is 2. The predicted molar refractivity (Wildman–Crippen MR) is 102 cm³/mol. The largest absolute Gasteiger partial charge is 0.314 e. The van der Waals surface area contributed by atoms with E-state index in [4.69, 9.17) is 0 Å². The molecule has 0 atom stereocenters. The molecule has 1 fully saturated rings. The average Bonchev–Trinajstić information content (AvgIpc) is 2.44. The van der Waals surface area contributed by atoms with Gasteiger partial charge >= 0.3 is 0 Å². The van der Waals surface area contributed by atoms with Crippen LogP contribution in [-0.4, -0.2) is 39.2 Å². The lowest BCUT2D eigenvalue weighted by molar-refractivity contribution is 0.232. The number of benzene rings is 1. The Hall–Kier alpha value is -0.733. The number of hydrogen-bond acceptors (Lipinski definition) is 3. The third kappa shape index (κ3) is 4.63. The fraction of sp³-hybridized carbons (Fsp3) is 0.556. The summed E-state index contributed by atoms with van der Waals surface area (Å²) < 4.78 is 0. The van der Waals surface area contributed by atoms with E-state index in [0.717, 1.165) is 37.6 Å². The Morgan fingerprint density at radius 3 is 2.41 bits per heavy atom. The summed E-state index contributed by atoms with van der Waals surface area (Å²) >= 11 is 4.68. The van der Waals surface area contributed by atoms with E-state index < -0.39 is 8.07 Å². The maximum atomic E-state index is 4.68. The van der Waals surface area contributed by atoms with Crippen molar-refractivity contribution in [1.82, 2.24) is 10.2 Å². The first-order chi connectivity index (χ1) is 10.3. The van der Waals surface area contributed by atoms with Gasteiger partial charge in [0.15, 0.2) is 0 Å². The zero-order chi connectivity index (χ0) is 16.3. The van der Waals surface area contributed by atoms with Crippen LogP contribution in [0, 0.1) is 25.3 Å². The zero-order valence-corrected chi connectivity index (χ0v) is 16.4. The molecule has 120 valence electrons. The van der Waals surface area contributed by atoms with Crippen molar-refractivity contribution in [2.75, 3.05) is 26.2 Å². The van der Waals surface area contributed by atoms with Crippen LogP contribution in [0.3, 0.4) is 0 Å². The van der Waals surface area contributed by atoms with Gasteiger partial charge in [-0.3, -0.25) is 4.90 Å². The maximum Gasteiger partial charge on any atom is 0.129 e. The predicted octanol–water partition coefficient (Wildman–Crippen LogP) is 3.23. The van der Waals surface area contributed by atoms with E-state index in [0.29, 0.717) is 0 Å². The van der Waals surface area contributed by atoms with E-state index >= 15 is 0 Å². The van der Waals surface area contributed by atoms with Crippen molar-refractivity contribution in [3.05, 3.63) is 28.3 Å². The van der Waals surface area contributed by atoms with Crippen molar-refractivity contribution in [3.63, 3.8) is 0 Å². The van der Waals surface area contributed by atoms with Crippen LogP contribution >= 0.6 is 12.6 Å². The van der Waals surface area contributed by atoms with E-state index in [1.807, 2.05) is 0 Å². The van der Waals surface area contributed by atoms with Crippen molar-refractivity contribution in [1.29, 1.82) is 0 Å². The molecule has 1 aliphatic heterocycles. The van der Waals surface area contributed by atoms with Crippen molar-refractivity contribution < 1.29 is 0 Å². The second-order valence-corrected chi connectivity index (χ2v) is 12.4. The molecule has 0 aliphatic carbocycles. The highest BCUT2D eigenvalue weighted by atomic mass is 32.1. The van der Waals surface area contributed by atoms with Gasteiger partial charge in [0.2, 0.25) is 0 Å². The van der Waals surface area contributed by atoms with Gasteiger partial charge in [0.1, 0.15) is 8.07 Å². The maximum absolute atomic E-state index is 4.68. The highest BCUT2D eigenvalue weighted by Gasteiger charge is 2.15. The summed E-state index contributed by atoms with van der Waals surface area (Å²) in [4.78, 5) is 3.58. The Kier molecular flexibility index (Phi) is 5.79. The summed E-state index contributed by atoms with van der Waals surface area (Å²) in [7, 11) is -1.37. The number of thiol groups is 1. The number of nitrogens with one attached hydrogen (secondary N) is 1. The van der Waals surface area contributed by atoms with Crippen LogP contribution in [0.2, 0.25) is 19.6 Å². The monoisotopic (exact) mass is 332 g/mol. The molecule has 0 bridgehead atoms. The van der Waals surface area contributed by atoms with Gasteiger partial charge in [0, 0.05) is 43.2 Å². The fourth-order valence-electron chi connectivity index (χ4n) is 2.66. The molecule has 1 N–H and O–H groups in total. The molecule has 1 aliphatic rings. The molecular formula is C18H28N2SSi. The first-order valence-corrected chi connectivity index (χ1v) is 12.0. The highest BCUT2D eigenvalue weighted by molar-refractivity contribution is 7.80. The topological polar surface area (TPSA) is 15.3 Å². The standard InChI is InChI=1S/C18H28N2SSi/c1-14-16(13-20-9-7-19-8-10-20)12-18(21)15(2)17(14)6-11-22(3,4)5/h12,19,21H,7-10,13H2,1-5H3. The lowest BCUT2D eigenvalue weighted by atomic mass is 9.97. The smallest absolute Gasteiger partial charge is 0.129 e. The summed E-state index contributed by atoms with van der Waals surface area (Å²) in [5, 5.41) is 3.41. The van der Waals surface area contributed by atoms with E-state index in [1.165, 1.54) is 22.3 Å². The minimum absolute atomic E-state index is 1.00. The Morgan fingerprint density at radius 2 is 1.82 bits per heavy atom. The van der Waals surface area contributed by atoms with Gasteiger partial charge in [-0.05, 0) is 36.6 Å². The molecule has 1 aromatic rings. The van der Waals surface area contributed by atoms with Gasteiger partial charge in [-0.25, -0.2) is 0 Å². The Morgan fingerprint density at radius 1 is 1.18 bits per heavy atom. The number of nitrogens with zero attached hydrogens (tertiary/aromatic N) is 1. The van der Waals surface area contributed by atoms with Crippen LogP contribution in [0.1, 0.15) is 22.3 Å². The van der Waals surface area contributed by atoms with Gasteiger partial charge in [-0.1, -0.05) is 25.6 Å². The lowest BCUT2D eigenvalue weighted by Crippen LogP contribution is -2.43. The summed E-state index contributed by atoms with van der Waals surface area (Å²) in [5.41, 5.74) is 8.63. The number of piperazine rings is 1. The SMILES string of the molecule is Cc1c(S)cc(CN2CCNCC2)c(C)c1C#C[Si](C)(C)C. The fourth-order valence-corrected chi connectivity index (χ4v) is 3.43. The molecule has 1 aromatic carbocycles. The van der Waals surface area contributed by atoms with E-state index in [9.17, 15) is 0 Å². The van der Waals surface area contributed by atoms with Crippen molar-refractivity contribution >= 4 is 20.7 Å². The minimum Gasteiger partial charge on any atom is -0.314 e. The normalized spacial score (nSPS) is 16.3. The first-order valence-electron chi connectivity index (χ1n) is 8.06. The molecule has 1 heterocycles. The zero-order valence-electron chi connectivity index (χ0n) is 14.5. The number of rotatable bonds is 2. The van der Waals surface area contributed by atoms with Crippen LogP contribution in [0.5, 0.6) is 0 Å². The molecule has 0 aromatic heterocycles. The summed E-state index contributed by atoms with van der Waals surface area (Å²) in [5.74, 6) is 3.47. The third-order valence-corrected chi connectivity index (χ3v) is 5.43. The summed E-state index contributed by atoms with van der Waals surface area (Å²) in [6, 6.07) is 2.23. The Balaban J connectivity index is 2.34. The van der Waals surface area contributed by atoms with Crippen LogP contribution in [0.15, 0.2) is 11.0 Å². The first kappa shape index (κ1) is 17.6. The molecule has 2 nitrogen and oxygen atoms in total. The van der Waals surface area contributed by atoms with Crippen molar-refractivity contribution in [2.45, 2.75) is 44.9 Å². The van der Waals surface area contributed by atoms with Crippen LogP contribution in [0.25, 0.3) is 0 Å². The van der Waals surface area contributed by atoms with E-state index in [2.05, 4.69) is 73.9 Å². The van der Waals surface area contributed by atoms with Crippen molar-refractivity contribution in [2.24, 2.45) is 0 Å². The van der Waals surface area contributed by atoms with Gasteiger partial charge in [-0.15, -0.1) is 18.2 Å². The third-order valence-electron chi connectivity index (χ3n) is 4.09. The molecular weight excluding hydrogens is 304 g/mol. The molecule has 0 radical (unpaired) electrons. The Bertz CT molecular complexity index is 602. The molecule has 22 heavy (non-hydrogen) atoms. The molecule has 0 amide bonds. The van der Waals surface area contributed by atoms with Crippen molar-refractivity contribution in [3.8, 4) is 11.5 Å². The van der Waals surface area contributed by atoms with E-state index in [1.54, 1.807) is 0 Å². The van der Waals surface area contributed by atoms with Gasteiger partial charge < -0.3 is 5.32 Å². The van der Waals surface area contributed by atoms with Crippen LogP contribution < -0.4 is 5.32 Å². The molecule has 0 saturated carbocycles. The summed E-state index contributed by atoms with van der Waals surface area (Å²) in [6.45, 7) is 16.6. The second-order valence-electron chi connectivity index (χ2n) is 7.21. The highest BCUT2D eigenvalue weighted by Crippen LogP contribution is 2.25. The lowest BCUT2D eigenvalue weighted by Gasteiger charge is -2.28. The van der Waals surface area contributed by atoms with Crippen LogP contribution in [0.4, 0.5) is 0 Å². The average molecular weight is 333 g/mol. The summed E-state index contributed by atoms with van der Waals surface area (Å²) in [6.07, 6.45) is 0. The Labute approximate surface area is 142 Å². The molecule has 2 rings (SSSR count). The van der Waals surface area contributed by atoms with Gasteiger partial charge in [0.05, 0.1) is 0 Å². The van der Waals surface area contributed by atoms with E-state index in [-0.39, 0.29) is 0 Å². The van der Waals surface area contributed by atoms with Gasteiger partial charge in [0.25, 0.3) is 0 Å².